The first-order valence-corrected chi connectivity index (χ1v) is 8.39. The highest BCUT2D eigenvalue weighted by Crippen LogP contribution is 2.17. The third-order valence-electron chi connectivity index (χ3n) is 4.12. The molecule has 2 N–H and O–H groups in total. The van der Waals surface area contributed by atoms with E-state index in [-0.39, 0.29) is 6.09 Å². The molecule has 2 aliphatic rings. The summed E-state index contributed by atoms with van der Waals surface area (Å²) in [6, 6.07) is 0.998. The van der Waals surface area contributed by atoms with E-state index in [4.69, 9.17) is 4.74 Å². The van der Waals surface area contributed by atoms with Gasteiger partial charge in [-0.15, -0.1) is 0 Å². The SMILES string of the molecule is CC(C)(C)OC(=O)N1CCCC(NC2CCCNCC2)C1. The number of nitrogens with one attached hydrogen (secondary N) is 2. The van der Waals surface area contributed by atoms with Gasteiger partial charge in [-0.05, 0) is 66.0 Å². The number of ether oxygens (including phenoxy) is 1. The molecule has 2 atom stereocenters. The zero-order chi connectivity index (χ0) is 15.3. The van der Waals surface area contributed by atoms with Gasteiger partial charge in [0.1, 0.15) is 5.60 Å². The number of carbonyl (C=O) groups is 1. The quantitative estimate of drug-likeness (QED) is 0.820. The molecule has 0 saturated carbocycles. The summed E-state index contributed by atoms with van der Waals surface area (Å²) in [5, 5.41) is 7.20. The summed E-state index contributed by atoms with van der Waals surface area (Å²) >= 11 is 0. The van der Waals surface area contributed by atoms with Crippen LogP contribution >= 0.6 is 0 Å². The number of amides is 1. The summed E-state index contributed by atoms with van der Waals surface area (Å²) in [6.07, 6.45) is 5.70. The van der Waals surface area contributed by atoms with Crippen LogP contribution in [0.5, 0.6) is 0 Å². The number of hydrogen-bond donors (Lipinski definition) is 2. The summed E-state index contributed by atoms with van der Waals surface area (Å²) < 4.78 is 5.48. The molecule has 0 radical (unpaired) electrons. The summed E-state index contributed by atoms with van der Waals surface area (Å²) in [6.45, 7) is 9.58. The molecule has 0 aromatic rings. The van der Waals surface area contributed by atoms with E-state index in [0.29, 0.717) is 12.1 Å². The first-order chi connectivity index (χ1) is 9.94. The van der Waals surface area contributed by atoms with Crippen molar-refractivity contribution < 1.29 is 9.53 Å². The molecule has 0 aliphatic carbocycles. The van der Waals surface area contributed by atoms with Crippen LogP contribution in [0.15, 0.2) is 0 Å². The van der Waals surface area contributed by atoms with Crippen LogP contribution in [0.2, 0.25) is 0 Å². The molecule has 2 unspecified atom stereocenters. The van der Waals surface area contributed by atoms with Crippen LogP contribution in [0.4, 0.5) is 4.79 Å². The van der Waals surface area contributed by atoms with E-state index in [1.165, 1.54) is 19.3 Å². The van der Waals surface area contributed by atoms with Crippen LogP contribution in [0, 0.1) is 0 Å². The molecule has 2 rings (SSSR count). The minimum absolute atomic E-state index is 0.170. The fourth-order valence-electron chi connectivity index (χ4n) is 3.12. The molecule has 21 heavy (non-hydrogen) atoms. The maximum absolute atomic E-state index is 12.2. The smallest absolute Gasteiger partial charge is 0.410 e. The highest BCUT2D eigenvalue weighted by Gasteiger charge is 2.28. The van der Waals surface area contributed by atoms with E-state index >= 15 is 0 Å². The Hall–Kier alpha value is -0.810. The van der Waals surface area contributed by atoms with E-state index in [2.05, 4.69) is 10.6 Å². The molecular weight excluding hydrogens is 266 g/mol. The molecule has 2 heterocycles. The second-order valence-corrected chi connectivity index (χ2v) is 7.31. The molecule has 5 nitrogen and oxygen atoms in total. The van der Waals surface area contributed by atoms with Gasteiger partial charge in [0.15, 0.2) is 0 Å². The van der Waals surface area contributed by atoms with Gasteiger partial charge in [-0.1, -0.05) is 0 Å². The molecular formula is C16H31N3O2. The number of rotatable bonds is 2. The van der Waals surface area contributed by atoms with E-state index in [0.717, 1.165) is 39.0 Å². The molecule has 2 aliphatic heterocycles. The van der Waals surface area contributed by atoms with Gasteiger partial charge in [-0.25, -0.2) is 4.79 Å². The van der Waals surface area contributed by atoms with Crippen LogP contribution in [-0.4, -0.2) is 54.9 Å². The third kappa shape index (κ3) is 5.83. The van der Waals surface area contributed by atoms with E-state index in [1.54, 1.807) is 0 Å². The fourth-order valence-corrected chi connectivity index (χ4v) is 3.12. The minimum Gasteiger partial charge on any atom is -0.444 e. The summed E-state index contributed by atoms with van der Waals surface area (Å²) in [4.78, 5) is 14.0. The second kappa shape index (κ2) is 7.45. The lowest BCUT2D eigenvalue weighted by atomic mass is 10.0. The van der Waals surface area contributed by atoms with Crippen LogP contribution in [-0.2, 0) is 4.74 Å². The maximum Gasteiger partial charge on any atom is 0.410 e. The second-order valence-electron chi connectivity index (χ2n) is 7.31. The van der Waals surface area contributed by atoms with Crippen LogP contribution in [0.1, 0.15) is 52.9 Å². The molecule has 0 spiro atoms. The normalized spacial score (nSPS) is 28.0. The van der Waals surface area contributed by atoms with Crippen molar-refractivity contribution in [3.63, 3.8) is 0 Å². The van der Waals surface area contributed by atoms with Crippen molar-refractivity contribution in [2.75, 3.05) is 26.2 Å². The number of piperidine rings is 1. The minimum atomic E-state index is -0.412. The Morgan fingerprint density at radius 3 is 2.67 bits per heavy atom. The Balaban J connectivity index is 1.81. The average Bonchev–Trinajstić information content (AvgIpc) is 2.66. The molecule has 2 fully saturated rings. The van der Waals surface area contributed by atoms with Crippen LogP contribution in [0.25, 0.3) is 0 Å². The largest absolute Gasteiger partial charge is 0.444 e. The molecule has 5 heteroatoms. The van der Waals surface area contributed by atoms with E-state index in [1.807, 2.05) is 25.7 Å². The van der Waals surface area contributed by atoms with Gasteiger partial charge in [0.05, 0.1) is 0 Å². The van der Waals surface area contributed by atoms with Crippen molar-refractivity contribution in [3.05, 3.63) is 0 Å². The van der Waals surface area contributed by atoms with Gasteiger partial charge in [0, 0.05) is 25.2 Å². The van der Waals surface area contributed by atoms with Crippen molar-refractivity contribution >= 4 is 6.09 Å². The Bertz CT molecular complexity index is 333. The molecule has 0 aromatic carbocycles. The topological polar surface area (TPSA) is 53.6 Å². The Morgan fingerprint density at radius 2 is 1.90 bits per heavy atom. The van der Waals surface area contributed by atoms with Gasteiger partial charge in [-0.3, -0.25) is 0 Å². The lowest BCUT2D eigenvalue weighted by molar-refractivity contribution is 0.0182. The standard InChI is InChI=1S/C16H31N3O2/c1-16(2,3)21-15(20)19-11-5-7-14(12-19)18-13-6-4-9-17-10-8-13/h13-14,17-18H,4-12H2,1-3H3. The van der Waals surface area contributed by atoms with Crippen LogP contribution in [0.3, 0.4) is 0 Å². The zero-order valence-electron chi connectivity index (χ0n) is 13.8. The summed E-state index contributed by atoms with van der Waals surface area (Å²) in [5.41, 5.74) is -0.412. The number of likely N-dealkylation sites (tertiary alicyclic amines) is 1. The number of carbonyl (C=O) groups excluding carboxylic acids is 1. The van der Waals surface area contributed by atoms with Crippen LogP contribution < -0.4 is 10.6 Å². The zero-order valence-corrected chi connectivity index (χ0v) is 13.8. The molecule has 2 saturated heterocycles. The lowest BCUT2D eigenvalue weighted by Crippen LogP contribution is -2.51. The van der Waals surface area contributed by atoms with Crippen molar-refractivity contribution in [1.82, 2.24) is 15.5 Å². The van der Waals surface area contributed by atoms with E-state index < -0.39 is 5.60 Å². The molecule has 0 aromatic heterocycles. The summed E-state index contributed by atoms with van der Waals surface area (Å²) in [7, 11) is 0. The van der Waals surface area contributed by atoms with Gasteiger partial charge >= 0.3 is 6.09 Å². The first kappa shape index (κ1) is 16.6. The molecule has 1 amide bonds. The highest BCUT2D eigenvalue weighted by atomic mass is 16.6. The van der Waals surface area contributed by atoms with Crippen molar-refractivity contribution in [2.45, 2.75) is 70.6 Å². The Labute approximate surface area is 128 Å². The monoisotopic (exact) mass is 297 g/mol. The predicted molar refractivity (Wildman–Crippen MR) is 84.5 cm³/mol. The van der Waals surface area contributed by atoms with Gasteiger partial charge in [0.25, 0.3) is 0 Å². The Kier molecular flexibility index (Phi) is 5.88. The van der Waals surface area contributed by atoms with Gasteiger partial charge in [0.2, 0.25) is 0 Å². The van der Waals surface area contributed by atoms with Gasteiger partial charge < -0.3 is 20.3 Å². The predicted octanol–water partition coefficient (Wildman–Crippen LogP) is 2.12. The van der Waals surface area contributed by atoms with E-state index in [9.17, 15) is 4.79 Å². The number of hydrogen-bond acceptors (Lipinski definition) is 4. The fraction of sp³-hybridized carbons (Fsp3) is 0.938. The van der Waals surface area contributed by atoms with Crippen molar-refractivity contribution in [3.8, 4) is 0 Å². The maximum atomic E-state index is 12.2. The average molecular weight is 297 g/mol. The van der Waals surface area contributed by atoms with Crippen molar-refractivity contribution in [2.24, 2.45) is 0 Å². The highest BCUT2D eigenvalue weighted by molar-refractivity contribution is 5.68. The molecule has 122 valence electrons. The van der Waals surface area contributed by atoms with Crippen molar-refractivity contribution in [1.29, 1.82) is 0 Å². The third-order valence-corrected chi connectivity index (χ3v) is 4.12. The lowest BCUT2D eigenvalue weighted by Gasteiger charge is -2.36. The Morgan fingerprint density at radius 1 is 1.14 bits per heavy atom. The number of nitrogens with zero attached hydrogens (tertiary/aromatic N) is 1. The first-order valence-electron chi connectivity index (χ1n) is 8.39. The van der Waals surface area contributed by atoms with Gasteiger partial charge in [-0.2, -0.15) is 0 Å². The summed E-state index contributed by atoms with van der Waals surface area (Å²) in [5.74, 6) is 0. The molecule has 0 bridgehead atoms.